The third kappa shape index (κ3) is 2.85. The van der Waals surface area contributed by atoms with Crippen LogP contribution in [0.5, 0.6) is 0 Å². The van der Waals surface area contributed by atoms with Crippen LogP contribution in [0.4, 0.5) is 0 Å². The maximum Gasteiger partial charge on any atom is 0.310 e. The van der Waals surface area contributed by atoms with Crippen molar-refractivity contribution in [3.63, 3.8) is 0 Å². The Labute approximate surface area is 97.2 Å². The van der Waals surface area contributed by atoms with Crippen LogP contribution in [0.15, 0.2) is 11.6 Å². The highest BCUT2D eigenvalue weighted by molar-refractivity contribution is 5.73. The Morgan fingerprint density at radius 1 is 1.69 bits per heavy atom. The third-order valence-electron chi connectivity index (χ3n) is 3.97. The Balaban J connectivity index is 2.65. The van der Waals surface area contributed by atoms with Gasteiger partial charge in [0.05, 0.1) is 11.5 Å². The molecule has 0 fully saturated rings. The summed E-state index contributed by atoms with van der Waals surface area (Å²) in [6.45, 7) is 5.59. The van der Waals surface area contributed by atoms with Crippen molar-refractivity contribution in [2.75, 3.05) is 0 Å². The van der Waals surface area contributed by atoms with Crippen LogP contribution in [0.3, 0.4) is 0 Å². The molecule has 92 valence electrons. The fraction of sp³-hybridized carbons (Fsp3) is 0.769. The molecule has 3 heteroatoms. The molecule has 0 aromatic rings. The van der Waals surface area contributed by atoms with Gasteiger partial charge in [-0.2, -0.15) is 0 Å². The zero-order valence-electron chi connectivity index (χ0n) is 10.4. The minimum Gasteiger partial charge on any atom is -0.481 e. The molecule has 0 spiro atoms. The molecule has 1 aliphatic rings. The van der Waals surface area contributed by atoms with Gasteiger partial charge in [-0.1, -0.05) is 18.6 Å². The summed E-state index contributed by atoms with van der Waals surface area (Å²) in [5, 5.41) is 19.1. The smallest absolute Gasteiger partial charge is 0.310 e. The van der Waals surface area contributed by atoms with E-state index in [0.29, 0.717) is 0 Å². The highest BCUT2D eigenvalue weighted by Crippen LogP contribution is 2.35. The van der Waals surface area contributed by atoms with Crippen LogP contribution in [-0.4, -0.2) is 21.8 Å². The fourth-order valence-corrected chi connectivity index (χ4v) is 2.26. The Bertz CT molecular complexity index is 292. The summed E-state index contributed by atoms with van der Waals surface area (Å²) >= 11 is 0. The number of carbonyl (C=O) groups is 1. The van der Waals surface area contributed by atoms with Gasteiger partial charge in [0.15, 0.2) is 0 Å². The summed E-state index contributed by atoms with van der Waals surface area (Å²) < 4.78 is 0. The molecule has 1 rings (SSSR count). The van der Waals surface area contributed by atoms with Gasteiger partial charge in [0.2, 0.25) is 0 Å². The lowest BCUT2D eigenvalue weighted by atomic mass is 9.75. The minimum absolute atomic E-state index is 0.266. The number of rotatable bonds is 4. The van der Waals surface area contributed by atoms with Crippen LogP contribution in [0.2, 0.25) is 0 Å². The summed E-state index contributed by atoms with van der Waals surface area (Å²) in [5.41, 5.74) is 0.393. The van der Waals surface area contributed by atoms with Gasteiger partial charge in [0, 0.05) is 0 Å². The zero-order chi connectivity index (χ0) is 12.3. The first-order valence-corrected chi connectivity index (χ1v) is 6.02. The van der Waals surface area contributed by atoms with Gasteiger partial charge in [-0.3, -0.25) is 4.79 Å². The van der Waals surface area contributed by atoms with Crippen molar-refractivity contribution >= 4 is 5.97 Å². The number of aliphatic hydroxyl groups is 1. The number of allylic oxidation sites excluding steroid dienone is 1. The number of hydrogen-bond acceptors (Lipinski definition) is 2. The van der Waals surface area contributed by atoms with Gasteiger partial charge < -0.3 is 10.2 Å². The highest BCUT2D eigenvalue weighted by Gasteiger charge is 2.32. The van der Waals surface area contributed by atoms with E-state index in [-0.39, 0.29) is 11.8 Å². The van der Waals surface area contributed by atoms with E-state index in [9.17, 15) is 9.90 Å². The van der Waals surface area contributed by atoms with Crippen molar-refractivity contribution in [1.82, 2.24) is 0 Å². The van der Waals surface area contributed by atoms with E-state index in [4.69, 9.17) is 5.11 Å². The molecule has 3 nitrogen and oxygen atoms in total. The number of aliphatic carboxylic acids is 1. The van der Waals surface area contributed by atoms with Crippen molar-refractivity contribution in [2.24, 2.45) is 11.8 Å². The molecule has 16 heavy (non-hydrogen) atoms. The van der Waals surface area contributed by atoms with Gasteiger partial charge >= 0.3 is 5.97 Å². The molecule has 0 bridgehead atoms. The van der Waals surface area contributed by atoms with E-state index in [1.54, 1.807) is 6.92 Å². The second kappa shape index (κ2) is 5.00. The normalized spacial score (nSPS) is 26.8. The molecule has 2 N–H and O–H groups in total. The summed E-state index contributed by atoms with van der Waals surface area (Å²) in [4.78, 5) is 10.8. The first-order chi connectivity index (χ1) is 7.38. The largest absolute Gasteiger partial charge is 0.481 e. The molecule has 3 unspecified atom stereocenters. The average molecular weight is 226 g/mol. The van der Waals surface area contributed by atoms with Crippen LogP contribution in [0.25, 0.3) is 0 Å². The topological polar surface area (TPSA) is 57.5 Å². The SMILES string of the molecule is CCC(C)(O)C1CC=C(C(C)C(=O)O)CC1. The first-order valence-electron chi connectivity index (χ1n) is 6.02. The van der Waals surface area contributed by atoms with E-state index in [1.807, 2.05) is 19.9 Å². The minimum atomic E-state index is -0.757. The molecule has 0 aliphatic heterocycles. The second-order valence-electron chi connectivity index (χ2n) is 5.02. The lowest BCUT2D eigenvalue weighted by Crippen LogP contribution is -2.35. The van der Waals surface area contributed by atoms with E-state index in [1.165, 1.54) is 0 Å². The van der Waals surface area contributed by atoms with Crippen LogP contribution in [-0.2, 0) is 4.79 Å². The van der Waals surface area contributed by atoms with Crippen molar-refractivity contribution in [3.05, 3.63) is 11.6 Å². The van der Waals surface area contributed by atoms with Crippen molar-refractivity contribution < 1.29 is 15.0 Å². The molecular weight excluding hydrogens is 204 g/mol. The van der Waals surface area contributed by atoms with Crippen molar-refractivity contribution in [3.8, 4) is 0 Å². The molecule has 0 saturated carbocycles. The van der Waals surface area contributed by atoms with Crippen molar-refractivity contribution in [2.45, 2.75) is 52.1 Å². The predicted molar refractivity (Wildman–Crippen MR) is 63.1 cm³/mol. The molecule has 0 saturated heterocycles. The van der Waals surface area contributed by atoms with Crippen molar-refractivity contribution in [1.29, 1.82) is 0 Å². The molecule has 3 atom stereocenters. The van der Waals surface area contributed by atoms with E-state index in [0.717, 1.165) is 31.3 Å². The third-order valence-corrected chi connectivity index (χ3v) is 3.97. The van der Waals surface area contributed by atoms with Gasteiger partial charge in [-0.15, -0.1) is 0 Å². The maximum absolute atomic E-state index is 10.8. The Morgan fingerprint density at radius 2 is 2.31 bits per heavy atom. The Kier molecular flexibility index (Phi) is 4.14. The number of carboxylic acids is 1. The molecular formula is C13H22O3. The summed E-state index contributed by atoms with van der Waals surface area (Å²) in [6.07, 6.45) is 5.25. The van der Waals surface area contributed by atoms with Gasteiger partial charge in [-0.05, 0) is 45.4 Å². The van der Waals surface area contributed by atoms with E-state index < -0.39 is 11.6 Å². The fourth-order valence-electron chi connectivity index (χ4n) is 2.26. The number of hydrogen-bond donors (Lipinski definition) is 2. The Hall–Kier alpha value is -0.830. The van der Waals surface area contributed by atoms with E-state index >= 15 is 0 Å². The van der Waals surface area contributed by atoms with Gasteiger partial charge in [0.1, 0.15) is 0 Å². The molecule has 0 heterocycles. The molecule has 0 aromatic heterocycles. The maximum atomic E-state index is 10.8. The quantitative estimate of drug-likeness (QED) is 0.724. The lowest BCUT2D eigenvalue weighted by molar-refractivity contribution is -0.139. The van der Waals surface area contributed by atoms with Crippen LogP contribution < -0.4 is 0 Å². The summed E-state index contributed by atoms with van der Waals surface area (Å²) in [7, 11) is 0. The van der Waals surface area contributed by atoms with E-state index in [2.05, 4.69) is 0 Å². The lowest BCUT2D eigenvalue weighted by Gasteiger charge is -2.34. The highest BCUT2D eigenvalue weighted by atomic mass is 16.4. The molecule has 0 radical (unpaired) electrons. The molecule has 0 aromatic carbocycles. The first kappa shape index (κ1) is 13.2. The number of carboxylic acid groups (broad SMARTS) is 1. The zero-order valence-corrected chi connectivity index (χ0v) is 10.4. The summed E-state index contributed by atoms with van der Waals surface area (Å²) in [6, 6.07) is 0. The van der Waals surface area contributed by atoms with Crippen LogP contribution in [0, 0.1) is 11.8 Å². The monoisotopic (exact) mass is 226 g/mol. The van der Waals surface area contributed by atoms with Gasteiger partial charge in [0.25, 0.3) is 0 Å². The average Bonchev–Trinajstić information content (AvgIpc) is 2.28. The van der Waals surface area contributed by atoms with Crippen LogP contribution >= 0.6 is 0 Å². The standard InChI is InChI=1S/C13H22O3/c1-4-13(3,16)11-7-5-10(6-8-11)9(2)12(14)15/h5,9,11,16H,4,6-8H2,1-3H3,(H,14,15). The van der Waals surface area contributed by atoms with Gasteiger partial charge in [-0.25, -0.2) is 0 Å². The Morgan fingerprint density at radius 3 is 2.69 bits per heavy atom. The predicted octanol–water partition coefficient (Wildman–Crippen LogP) is 2.59. The summed E-state index contributed by atoms with van der Waals surface area (Å²) in [5.74, 6) is -0.873. The van der Waals surface area contributed by atoms with Crippen LogP contribution in [0.1, 0.15) is 46.5 Å². The molecule has 1 aliphatic carbocycles. The molecule has 0 amide bonds. The second-order valence-corrected chi connectivity index (χ2v) is 5.02.